The summed E-state index contributed by atoms with van der Waals surface area (Å²) in [7, 11) is 0. The Bertz CT molecular complexity index is 835. The van der Waals surface area contributed by atoms with Gasteiger partial charge in [-0.15, -0.1) is 0 Å². The van der Waals surface area contributed by atoms with Gasteiger partial charge in [0.2, 0.25) is 5.91 Å². The number of nitrogens with one attached hydrogen (secondary N) is 2. The fourth-order valence-electron chi connectivity index (χ4n) is 2.07. The van der Waals surface area contributed by atoms with E-state index in [0.717, 1.165) is 17.3 Å². The molecule has 2 aromatic rings. The molecule has 1 amide bonds. The molecule has 0 aliphatic carbocycles. The Morgan fingerprint density at radius 2 is 2.04 bits per heavy atom. The Balaban J connectivity index is 2.21. The summed E-state index contributed by atoms with van der Waals surface area (Å²) in [6.07, 6.45) is -4.48. The average Bonchev–Trinajstić information content (AvgIpc) is 2.42. The van der Waals surface area contributed by atoms with Gasteiger partial charge in [-0.1, -0.05) is 11.8 Å². The number of aromatic amines is 1. The van der Waals surface area contributed by atoms with Crippen LogP contribution in [0.5, 0.6) is 0 Å². The van der Waals surface area contributed by atoms with Crippen LogP contribution in [0.4, 0.5) is 13.2 Å². The van der Waals surface area contributed by atoms with E-state index < -0.39 is 29.4 Å². The number of aromatic nitrogens is 3. The van der Waals surface area contributed by atoms with Gasteiger partial charge in [0.05, 0.1) is 10.6 Å². The van der Waals surface area contributed by atoms with Crippen molar-refractivity contribution in [2.45, 2.75) is 37.4 Å². The minimum absolute atomic E-state index is 0.125. The second-order valence-electron chi connectivity index (χ2n) is 5.24. The maximum atomic E-state index is 12.1. The molecule has 0 fully saturated rings. The second-order valence-corrected chi connectivity index (χ2v) is 6.57. The molecule has 10 heteroatoms. The molecule has 0 saturated heterocycles. The molecule has 24 heavy (non-hydrogen) atoms. The molecule has 0 bridgehead atoms. The van der Waals surface area contributed by atoms with E-state index in [9.17, 15) is 22.8 Å². The number of H-pyrrole nitrogens is 1. The van der Waals surface area contributed by atoms with Crippen molar-refractivity contribution in [1.82, 2.24) is 20.3 Å². The lowest BCUT2D eigenvalue weighted by Gasteiger charge is -2.13. The van der Waals surface area contributed by atoms with Crippen LogP contribution >= 0.6 is 11.8 Å². The zero-order valence-corrected chi connectivity index (χ0v) is 13.9. The van der Waals surface area contributed by atoms with E-state index >= 15 is 0 Å². The molecular weight excluding hydrogens is 345 g/mol. The monoisotopic (exact) mass is 360 g/mol. The van der Waals surface area contributed by atoms with Crippen LogP contribution in [0.3, 0.4) is 0 Å². The topological polar surface area (TPSA) is 87.7 Å². The number of hydrogen-bond donors (Lipinski definition) is 2. The molecule has 130 valence electrons. The van der Waals surface area contributed by atoms with E-state index in [2.05, 4.69) is 15.0 Å². The number of carbonyl (C=O) groups excluding carboxylic acids is 1. The van der Waals surface area contributed by atoms with Gasteiger partial charge in [-0.05, 0) is 32.4 Å². The average molecular weight is 360 g/mol. The van der Waals surface area contributed by atoms with Gasteiger partial charge in [0, 0.05) is 5.69 Å². The van der Waals surface area contributed by atoms with Gasteiger partial charge in [0.1, 0.15) is 6.54 Å². The summed E-state index contributed by atoms with van der Waals surface area (Å²) in [5.74, 6) is -0.798. The summed E-state index contributed by atoms with van der Waals surface area (Å²) in [6, 6.07) is 1.75. The van der Waals surface area contributed by atoms with Crippen LogP contribution in [-0.2, 0) is 4.79 Å². The number of carbonyl (C=O) groups is 1. The number of aryl methyl sites for hydroxylation is 2. The number of nitrogens with zero attached hydrogens (tertiary/aromatic N) is 2. The molecule has 0 aliphatic heterocycles. The number of halogens is 3. The summed E-state index contributed by atoms with van der Waals surface area (Å²) in [5.41, 5.74) is 1.24. The lowest BCUT2D eigenvalue weighted by Crippen LogP contribution is -2.38. The highest BCUT2D eigenvalue weighted by molar-refractivity contribution is 8.00. The van der Waals surface area contributed by atoms with E-state index in [4.69, 9.17) is 0 Å². The molecule has 6 nitrogen and oxygen atoms in total. The van der Waals surface area contributed by atoms with Gasteiger partial charge in [-0.3, -0.25) is 9.59 Å². The number of alkyl halides is 3. The lowest BCUT2D eigenvalue weighted by atomic mass is 10.2. The molecule has 2 rings (SSSR count). The Morgan fingerprint density at radius 3 is 2.67 bits per heavy atom. The first kappa shape index (κ1) is 18.2. The highest BCUT2D eigenvalue weighted by atomic mass is 32.2. The fraction of sp³-hybridized carbons (Fsp3) is 0.429. The van der Waals surface area contributed by atoms with Crippen molar-refractivity contribution in [1.29, 1.82) is 0 Å². The Hall–Kier alpha value is -2.10. The van der Waals surface area contributed by atoms with E-state index in [-0.39, 0.29) is 10.8 Å². The number of pyridine rings is 1. The van der Waals surface area contributed by atoms with Crippen molar-refractivity contribution in [3.05, 3.63) is 27.7 Å². The van der Waals surface area contributed by atoms with Crippen molar-refractivity contribution < 1.29 is 18.0 Å². The quantitative estimate of drug-likeness (QED) is 0.644. The standard InChI is InChI=1S/C14H15F3N4O2S/c1-6-4-7(2)19-10-9(6)12(23)21-13(20-10)24-8(3)11(22)18-5-14(15,16)17/h4,8H,5H2,1-3H3,(H,18,22)(H,19,20,21,23). The minimum atomic E-state index is -4.48. The zero-order chi connectivity index (χ0) is 18.1. The van der Waals surface area contributed by atoms with Gasteiger partial charge < -0.3 is 10.3 Å². The Kier molecular flexibility index (Phi) is 5.16. The van der Waals surface area contributed by atoms with Gasteiger partial charge in [0.25, 0.3) is 5.56 Å². The number of hydrogen-bond acceptors (Lipinski definition) is 5. The predicted molar refractivity (Wildman–Crippen MR) is 84.0 cm³/mol. The molecule has 2 aromatic heterocycles. The lowest BCUT2D eigenvalue weighted by molar-refractivity contribution is -0.137. The van der Waals surface area contributed by atoms with Crippen molar-refractivity contribution in [3.8, 4) is 0 Å². The van der Waals surface area contributed by atoms with Crippen LogP contribution in [-0.4, -0.2) is 38.8 Å². The number of fused-ring (bicyclic) bond motifs is 1. The van der Waals surface area contributed by atoms with Gasteiger partial charge in [-0.2, -0.15) is 13.2 Å². The molecule has 2 heterocycles. The third-order valence-electron chi connectivity index (χ3n) is 3.10. The van der Waals surface area contributed by atoms with E-state index in [1.165, 1.54) is 6.92 Å². The summed E-state index contributed by atoms with van der Waals surface area (Å²) in [4.78, 5) is 34.7. The fourth-order valence-corrected chi connectivity index (χ4v) is 2.89. The second kappa shape index (κ2) is 6.80. The first-order chi connectivity index (χ1) is 11.1. The highest BCUT2D eigenvalue weighted by Gasteiger charge is 2.29. The van der Waals surface area contributed by atoms with Crippen LogP contribution in [0.15, 0.2) is 16.0 Å². The Morgan fingerprint density at radius 1 is 1.38 bits per heavy atom. The molecule has 0 aliphatic rings. The SMILES string of the molecule is Cc1cc(C)c2c(=O)[nH]c(SC(C)C(=O)NCC(F)(F)F)nc2n1. The summed E-state index contributed by atoms with van der Waals surface area (Å²) in [6.45, 7) is 3.54. The van der Waals surface area contributed by atoms with Gasteiger partial charge in [0.15, 0.2) is 10.8 Å². The van der Waals surface area contributed by atoms with E-state index in [1.807, 2.05) is 0 Å². The molecule has 2 N–H and O–H groups in total. The van der Waals surface area contributed by atoms with Crippen LogP contribution in [0.1, 0.15) is 18.2 Å². The van der Waals surface area contributed by atoms with E-state index in [0.29, 0.717) is 11.1 Å². The summed E-state index contributed by atoms with van der Waals surface area (Å²) < 4.78 is 36.4. The normalized spacial score (nSPS) is 13.1. The number of rotatable bonds is 4. The highest BCUT2D eigenvalue weighted by Crippen LogP contribution is 2.21. The zero-order valence-electron chi connectivity index (χ0n) is 13.1. The molecule has 1 atom stereocenters. The smallest absolute Gasteiger partial charge is 0.346 e. The van der Waals surface area contributed by atoms with Crippen LogP contribution in [0.25, 0.3) is 11.0 Å². The maximum absolute atomic E-state index is 12.1. The van der Waals surface area contributed by atoms with Crippen molar-refractivity contribution in [3.63, 3.8) is 0 Å². The molecule has 1 unspecified atom stereocenters. The molecule has 0 saturated carbocycles. The molecular formula is C14H15F3N4O2S. The predicted octanol–water partition coefficient (Wildman–Crippen LogP) is 2.09. The van der Waals surface area contributed by atoms with E-state index in [1.54, 1.807) is 25.2 Å². The summed E-state index contributed by atoms with van der Waals surface area (Å²) >= 11 is 0.857. The van der Waals surface area contributed by atoms with Crippen LogP contribution in [0.2, 0.25) is 0 Å². The third-order valence-corrected chi connectivity index (χ3v) is 4.09. The van der Waals surface area contributed by atoms with Crippen molar-refractivity contribution in [2.75, 3.05) is 6.54 Å². The van der Waals surface area contributed by atoms with Crippen molar-refractivity contribution >= 4 is 28.7 Å². The maximum Gasteiger partial charge on any atom is 0.405 e. The van der Waals surface area contributed by atoms with Gasteiger partial charge in [-0.25, -0.2) is 9.97 Å². The first-order valence-corrected chi connectivity index (χ1v) is 7.84. The molecule has 0 radical (unpaired) electrons. The summed E-state index contributed by atoms with van der Waals surface area (Å²) in [5, 5.41) is 1.40. The van der Waals surface area contributed by atoms with Crippen LogP contribution in [0, 0.1) is 13.8 Å². The largest absolute Gasteiger partial charge is 0.405 e. The first-order valence-electron chi connectivity index (χ1n) is 6.96. The Labute approximate surface area is 139 Å². The van der Waals surface area contributed by atoms with Crippen LogP contribution < -0.4 is 10.9 Å². The third kappa shape index (κ3) is 4.47. The number of amides is 1. The van der Waals surface area contributed by atoms with Gasteiger partial charge >= 0.3 is 6.18 Å². The molecule has 0 spiro atoms. The minimum Gasteiger partial charge on any atom is -0.346 e. The molecule has 0 aromatic carbocycles. The van der Waals surface area contributed by atoms with Crippen molar-refractivity contribution in [2.24, 2.45) is 0 Å². The number of thioether (sulfide) groups is 1.